The molecular weight excluding hydrogens is 236 g/mol. The predicted molar refractivity (Wildman–Crippen MR) is 68.8 cm³/mol. The number of aromatic nitrogens is 2. The number of aliphatic hydroxyl groups excluding tert-OH is 1. The van der Waals surface area contributed by atoms with Crippen LogP contribution in [-0.2, 0) is 11.3 Å². The summed E-state index contributed by atoms with van der Waals surface area (Å²) in [5.74, 6) is 0. The number of anilines is 1. The first kappa shape index (κ1) is 14.6. The van der Waals surface area contributed by atoms with E-state index in [1.54, 1.807) is 6.20 Å². The Labute approximate surface area is 106 Å². The van der Waals surface area contributed by atoms with Crippen LogP contribution < -0.4 is 16.2 Å². The van der Waals surface area contributed by atoms with Crippen molar-refractivity contribution in [3.63, 3.8) is 0 Å². The molecule has 0 atom stereocenters. The van der Waals surface area contributed by atoms with E-state index in [0.717, 1.165) is 13.1 Å². The molecule has 0 aliphatic carbocycles. The SMILES string of the molecule is CNCCNc1cnn(CCOCCO)c(=O)c1. The van der Waals surface area contributed by atoms with Crippen molar-refractivity contribution in [3.8, 4) is 0 Å². The summed E-state index contributed by atoms with van der Waals surface area (Å²) >= 11 is 0. The second-order valence-electron chi connectivity index (χ2n) is 3.67. The van der Waals surface area contributed by atoms with E-state index in [0.29, 0.717) is 18.8 Å². The van der Waals surface area contributed by atoms with E-state index < -0.39 is 0 Å². The van der Waals surface area contributed by atoms with Gasteiger partial charge in [-0.25, -0.2) is 4.68 Å². The maximum Gasteiger partial charge on any atom is 0.268 e. The lowest BCUT2D eigenvalue weighted by Crippen LogP contribution is -2.26. The summed E-state index contributed by atoms with van der Waals surface area (Å²) in [7, 11) is 1.87. The lowest BCUT2D eigenvalue weighted by atomic mass is 10.4. The number of hydrogen-bond acceptors (Lipinski definition) is 6. The van der Waals surface area contributed by atoms with E-state index in [2.05, 4.69) is 15.7 Å². The van der Waals surface area contributed by atoms with Crippen molar-refractivity contribution in [2.45, 2.75) is 6.54 Å². The molecule has 0 aliphatic heterocycles. The number of rotatable bonds is 9. The Bertz CT molecular complexity index is 394. The Morgan fingerprint density at radius 3 is 2.94 bits per heavy atom. The van der Waals surface area contributed by atoms with Gasteiger partial charge in [0.2, 0.25) is 0 Å². The van der Waals surface area contributed by atoms with Gasteiger partial charge in [0, 0.05) is 19.2 Å². The quantitative estimate of drug-likeness (QED) is 0.485. The first-order valence-electron chi connectivity index (χ1n) is 5.92. The van der Waals surface area contributed by atoms with Crippen molar-refractivity contribution in [1.82, 2.24) is 15.1 Å². The number of nitrogens with zero attached hydrogens (tertiary/aromatic N) is 2. The lowest BCUT2D eigenvalue weighted by molar-refractivity contribution is 0.0847. The summed E-state index contributed by atoms with van der Waals surface area (Å²) in [6.07, 6.45) is 1.61. The molecule has 0 saturated heterocycles. The van der Waals surface area contributed by atoms with Crippen LogP contribution in [0.2, 0.25) is 0 Å². The van der Waals surface area contributed by atoms with Crippen LogP contribution in [0, 0.1) is 0 Å². The summed E-state index contributed by atoms with van der Waals surface area (Å²) in [5.41, 5.74) is 0.542. The highest BCUT2D eigenvalue weighted by Gasteiger charge is 1.99. The zero-order chi connectivity index (χ0) is 13.2. The zero-order valence-corrected chi connectivity index (χ0v) is 10.6. The molecule has 102 valence electrons. The molecule has 0 bridgehead atoms. The smallest absolute Gasteiger partial charge is 0.268 e. The first-order valence-corrected chi connectivity index (χ1v) is 5.92. The molecule has 3 N–H and O–H groups in total. The predicted octanol–water partition coefficient (Wildman–Crippen LogP) is -1.12. The van der Waals surface area contributed by atoms with E-state index >= 15 is 0 Å². The van der Waals surface area contributed by atoms with Gasteiger partial charge in [-0.1, -0.05) is 0 Å². The van der Waals surface area contributed by atoms with E-state index in [1.165, 1.54) is 10.7 Å². The second kappa shape index (κ2) is 8.62. The molecule has 7 heteroatoms. The molecule has 1 aromatic rings. The van der Waals surface area contributed by atoms with Gasteiger partial charge in [0.25, 0.3) is 5.56 Å². The third-order valence-electron chi connectivity index (χ3n) is 2.26. The summed E-state index contributed by atoms with van der Waals surface area (Å²) in [4.78, 5) is 11.7. The molecular formula is C11H20N4O3. The van der Waals surface area contributed by atoms with Crippen LogP contribution >= 0.6 is 0 Å². The molecule has 0 fully saturated rings. The summed E-state index contributed by atoms with van der Waals surface area (Å²) in [5, 5.41) is 18.7. The van der Waals surface area contributed by atoms with Gasteiger partial charge in [-0.2, -0.15) is 5.10 Å². The van der Waals surface area contributed by atoms with E-state index in [9.17, 15) is 4.79 Å². The molecule has 18 heavy (non-hydrogen) atoms. The lowest BCUT2D eigenvalue weighted by Gasteiger charge is -2.08. The Hall–Kier alpha value is -1.44. The number of hydrogen-bond donors (Lipinski definition) is 3. The molecule has 7 nitrogen and oxygen atoms in total. The van der Waals surface area contributed by atoms with E-state index in [4.69, 9.17) is 9.84 Å². The molecule has 0 aliphatic rings. The van der Waals surface area contributed by atoms with Crippen LogP contribution in [0.15, 0.2) is 17.1 Å². The molecule has 0 radical (unpaired) electrons. The van der Waals surface area contributed by atoms with Crippen molar-refractivity contribution in [3.05, 3.63) is 22.6 Å². The number of likely N-dealkylation sites (N-methyl/N-ethyl adjacent to an activating group) is 1. The van der Waals surface area contributed by atoms with Gasteiger partial charge in [0.15, 0.2) is 0 Å². The molecule has 0 saturated carbocycles. The largest absolute Gasteiger partial charge is 0.394 e. The second-order valence-corrected chi connectivity index (χ2v) is 3.67. The topological polar surface area (TPSA) is 88.4 Å². The zero-order valence-electron chi connectivity index (χ0n) is 10.6. The molecule has 1 rings (SSSR count). The van der Waals surface area contributed by atoms with Gasteiger partial charge in [0.1, 0.15) is 0 Å². The third-order valence-corrected chi connectivity index (χ3v) is 2.26. The van der Waals surface area contributed by atoms with Gasteiger partial charge < -0.3 is 20.5 Å². The minimum absolute atomic E-state index is 0.0172. The molecule has 0 spiro atoms. The number of ether oxygens (including phenoxy) is 1. The standard InChI is InChI=1S/C11H20N4O3/c1-12-2-3-13-10-8-11(17)15(14-9-10)4-6-18-7-5-16/h8-9,12-13,16H,2-7H2,1H3. The van der Waals surface area contributed by atoms with Gasteiger partial charge in [0.05, 0.1) is 38.2 Å². The van der Waals surface area contributed by atoms with E-state index in [1.807, 2.05) is 7.05 Å². The highest BCUT2D eigenvalue weighted by molar-refractivity contribution is 5.38. The molecule has 0 aromatic carbocycles. The van der Waals surface area contributed by atoms with Gasteiger partial charge in [-0.15, -0.1) is 0 Å². The molecule has 0 amide bonds. The molecule has 0 unspecified atom stereocenters. The highest BCUT2D eigenvalue weighted by atomic mass is 16.5. The first-order chi connectivity index (χ1) is 8.77. The maximum atomic E-state index is 11.7. The number of nitrogens with one attached hydrogen (secondary N) is 2. The van der Waals surface area contributed by atoms with Crippen molar-refractivity contribution < 1.29 is 9.84 Å². The van der Waals surface area contributed by atoms with Crippen LogP contribution in [0.3, 0.4) is 0 Å². The van der Waals surface area contributed by atoms with Crippen LogP contribution in [-0.4, -0.2) is 54.8 Å². The van der Waals surface area contributed by atoms with Crippen molar-refractivity contribution >= 4 is 5.69 Å². The Morgan fingerprint density at radius 1 is 1.44 bits per heavy atom. The fourth-order valence-electron chi connectivity index (χ4n) is 1.35. The van der Waals surface area contributed by atoms with Crippen molar-refractivity contribution in [1.29, 1.82) is 0 Å². The fourth-order valence-corrected chi connectivity index (χ4v) is 1.35. The van der Waals surface area contributed by atoms with Crippen LogP contribution in [0.1, 0.15) is 0 Å². The maximum absolute atomic E-state index is 11.7. The van der Waals surface area contributed by atoms with Gasteiger partial charge in [-0.3, -0.25) is 4.79 Å². The van der Waals surface area contributed by atoms with Crippen LogP contribution in [0.5, 0.6) is 0 Å². The molecule has 1 heterocycles. The van der Waals surface area contributed by atoms with Gasteiger partial charge >= 0.3 is 0 Å². The van der Waals surface area contributed by atoms with Crippen LogP contribution in [0.25, 0.3) is 0 Å². The van der Waals surface area contributed by atoms with Gasteiger partial charge in [-0.05, 0) is 7.05 Å². The average Bonchev–Trinajstić information content (AvgIpc) is 2.37. The average molecular weight is 256 g/mol. The summed E-state index contributed by atoms with van der Waals surface area (Å²) in [6.45, 7) is 2.56. The minimum Gasteiger partial charge on any atom is -0.394 e. The number of aliphatic hydroxyl groups is 1. The summed E-state index contributed by atoms with van der Waals surface area (Å²) in [6, 6.07) is 1.51. The Balaban J connectivity index is 2.44. The Kier molecular flexibility index (Phi) is 7.00. The third kappa shape index (κ3) is 5.26. The van der Waals surface area contributed by atoms with Crippen molar-refractivity contribution in [2.24, 2.45) is 0 Å². The Morgan fingerprint density at radius 2 is 2.28 bits per heavy atom. The van der Waals surface area contributed by atoms with Crippen molar-refractivity contribution in [2.75, 3.05) is 45.3 Å². The van der Waals surface area contributed by atoms with E-state index in [-0.39, 0.29) is 18.8 Å². The fraction of sp³-hybridized carbons (Fsp3) is 0.636. The highest BCUT2D eigenvalue weighted by Crippen LogP contribution is 1.98. The molecule has 1 aromatic heterocycles. The van der Waals surface area contributed by atoms with Crippen LogP contribution in [0.4, 0.5) is 5.69 Å². The monoisotopic (exact) mass is 256 g/mol. The summed E-state index contributed by atoms with van der Waals surface area (Å²) < 4.78 is 6.41. The normalized spacial score (nSPS) is 10.6. The minimum atomic E-state index is -0.169.